The molecule has 1 aliphatic rings. The van der Waals surface area contributed by atoms with Gasteiger partial charge in [-0.05, 0) is 58.1 Å². The van der Waals surface area contributed by atoms with Crippen molar-refractivity contribution in [2.24, 2.45) is 0 Å². The van der Waals surface area contributed by atoms with Crippen molar-refractivity contribution in [3.05, 3.63) is 71.8 Å². The van der Waals surface area contributed by atoms with Crippen LogP contribution in [0.15, 0.2) is 60.7 Å². The van der Waals surface area contributed by atoms with Gasteiger partial charge in [-0.3, -0.25) is 0 Å². The van der Waals surface area contributed by atoms with Crippen LogP contribution in [0.5, 0.6) is 0 Å². The van der Waals surface area contributed by atoms with Crippen LogP contribution in [0.2, 0.25) is 0 Å². The minimum atomic E-state index is -2.13. The Morgan fingerprint density at radius 3 is 1.67 bits per heavy atom. The molecule has 0 saturated carbocycles. The first kappa shape index (κ1) is 20.3. The van der Waals surface area contributed by atoms with Crippen LogP contribution < -0.4 is 0 Å². The van der Waals surface area contributed by atoms with E-state index < -0.39 is 20.5 Å². The molecular formula is C23H32O3Si. The molecule has 0 radical (unpaired) electrons. The lowest BCUT2D eigenvalue weighted by molar-refractivity contribution is -0.0347. The summed E-state index contributed by atoms with van der Waals surface area (Å²) in [6, 6.07) is 20.8. The van der Waals surface area contributed by atoms with Crippen LogP contribution in [0.4, 0.5) is 0 Å². The lowest BCUT2D eigenvalue weighted by Crippen LogP contribution is -2.48. The smallest absolute Gasteiger partial charge is 0.352 e. The van der Waals surface area contributed by atoms with Gasteiger partial charge in [0.25, 0.3) is 0 Å². The van der Waals surface area contributed by atoms with Crippen molar-refractivity contribution in [2.45, 2.75) is 63.9 Å². The van der Waals surface area contributed by atoms with E-state index in [2.05, 4.69) is 76.2 Å². The van der Waals surface area contributed by atoms with Crippen LogP contribution in [0.25, 0.3) is 0 Å². The predicted molar refractivity (Wildman–Crippen MR) is 112 cm³/mol. The Morgan fingerprint density at radius 2 is 1.26 bits per heavy atom. The zero-order valence-electron chi connectivity index (χ0n) is 17.0. The van der Waals surface area contributed by atoms with Crippen molar-refractivity contribution in [1.82, 2.24) is 0 Å². The van der Waals surface area contributed by atoms with Crippen molar-refractivity contribution in [2.75, 3.05) is 6.61 Å². The van der Waals surface area contributed by atoms with Crippen molar-refractivity contribution in [1.29, 1.82) is 0 Å². The molecule has 27 heavy (non-hydrogen) atoms. The highest BCUT2D eigenvalue weighted by Gasteiger charge is 2.39. The average molecular weight is 385 g/mol. The van der Waals surface area contributed by atoms with Gasteiger partial charge in [0.15, 0.2) is 0 Å². The summed E-state index contributed by atoms with van der Waals surface area (Å²) in [4.78, 5) is 0. The maximum atomic E-state index is 6.71. The first-order chi connectivity index (χ1) is 12.9. The molecule has 2 aromatic carbocycles. The van der Waals surface area contributed by atoms with Crippen LogP contribution in [-0.2, 0) is 24.8 Å². The maximum absolute atomic E-state index is 6.71. The second-order valence-electron chi connectivity index (χ2n) is 8.26. The maximum Gasteiger partial charge on any atom is 0.352 e. The molecule has 146 valence electrons. The third-order valence-electron chi connectivity index (χ3n) is 5.28. The Labute approximate surface area is 165 Å². The molecule has 1 aliphatic heterocycles. The van der Waals surface area contributed by atoms with Gasteiger partial charge in [-0.1, -0.05) is 60.7 Å². The molecule has 0 bridgehead atoms. The molecule has 4 heteroatoms. The van der Waals surface area contributed by atoms with Crippen LogP contribution in [0.1, 0.15) is 58.1 Å². The van der Waals surface area contributed by atoms with E-state index in [-0.39, 0.29) is 5.73 Å². The molecule has 0 amide bonds. The Kier molecular flexibility index (Phi) is 6.53. The number of hydrogen-bond donors (Lipinski definition) is 0. The molecule has 0 aliphatic carbocycles. The van der Waals surface area contributed by atoms with Gasteiger partial charge in [-0.15, -0.1) is 0 Å². The van der Waals surface area contributed by atoms with Crippen molar-refractivity contribution >= 4 is 9.28 Å². The minimum Gasteiger partial charge on any atom is -0.386 e. The van der Waals surface area contributed by atoms with Crippen molar-refractivity contribution < 1.29 is 13.6 Å². The summed E-state index contributed by atoms with van der Waals surface area (Å²) in [6.07, 6.45) is 3.33. The SMILES string of the molecule is CC(C)(O[SiH](OC(C)(C)c1ccccc1)C1CCCCO1)c1ccccc1. The topological polar surface area (TPSA) is 27.7 Å². The largest absolute Gasteiger partial charge is 0.386 e. The summed E-state index contributed by atoms with van der Waals surface area (Å²) in [5.74, 6) is 0. The highest BCUT2D eigenvalue weighted by Crippen LogP contribution is 2.33. The van der Waals surface area contributed by atoms with E-state index in [0.29, 0.717) is 0 Å². The van der Waals surface area contributed by atoms with Gasteiger partial charge in [0, 0.05) is 6.61 Å². The van der Waals surface area contributed by atoms with E-state index in [1.165, 1.54) is 17.5 Å². The predicted octanol–water partition coefficient (Wildman–Crippen LogP) is 5.22. The zero-order chi connectivity index (χ0) is 19.3. The van der Waals surface area contributed by atoms with Crippen LogP contribution in [-0.4, -0.2) is 21.6 Å². The molecule has 1 saturated heterocycles. The fourth-order valence-electron chi connectivity index (χ4n) is 3.55. The lowest BCUT2D eigenvalue weighted by Gasteiger charge is -2.39. The Balaban J connectivity index is 1.83. The van der Waals surface area contributed by atoms with Crippen LogP contribution in [0, 0.1) is 0 Å². The lowest BCUT2D eigenvalue weighted by atomic mass is 9.99. The monoisotopic (exact) mass is 384 g/mol. The van der Waals surface area contributed by atoms with Crippen LogP contribution in [0.3, 0.4) is 0 Å². The fourth-order valence-corrected chi connectivity index (χ4v) is 6.14. The second-order valence-corrected chi connectivity index (χ2v) is 10.2. The molecule has 3 rings (SSSR count). The van der Waals surface area contributed by atoms with Gasteiger partial charge >= 0.3 is 9.28 Å². The summed E-state index contributed by atoms with van der Waals surface area (Å²) >= 11 is 0. The second kappa shape index (κ2) is 8.70. The molecule has 1 heterocycles. The van der Waals surface area contributed by atoms with Crippen LogP contribution >= 0.6 is 0 Å². The zero-order valence-corrected chi connectivity index (χ0v) is 18.1. The Bertz CT molecular complexity index is 641. The van der Waals surface area contributed by atoms with E-state index in [0.717, 1.165) is 19.4 Å². The van der Waals surface area contributed by atoms with E-state index in [1.807, 2.05) is 12.1 Å². The summed E-state index contributed by atoms with van der Waals surface area (Å²) in [5, 5.41) is 0. The van der Waals surface area contributed by atoms with Gasteiger partial charge < -0.3 is 13.6 Å². The van der Waals surface area contributed by atoms with E-state index >= 15 is 0 Å². The first-order valence-corrected chi connectivity index (χ1v) is 11.6. The number of ether oxygens (including phenoxy) is 1. The minimum absolute atomic E-state index is 0.0877. The highest BCUT2D eigenvalue weighted by atomic mass is 28.3. The molecule has 0 spiro atoms. The van der Waals surface area contributed by atoms with Gasteiger partial charge in [-0.25, -0.2) is 0 Å². The summed E-state index contributed by atoms with van der Waals surface area (Å²) in [7, 11) is -2.13. The van der Waals surface area contributed by atoms with E-state index in [4.69, 9.17) is 13.6 Å². The third kappa shape index (κ3) is 5.29. The molecule has 0 aromatic heterocycles. The highest BCUT2D eigenvalue weighted by molar-refractivity contribution is 6.46. The number of benzene rings is 2. The van der Waals surface area contributed by atoms with E-state index in [9.17, 15) is 0 Å². The molecule has 1 fully saturated rings. The quantitative estimate of drug-likeness (QED) is 0.613. The van der Waals surface area contributed by atoms with Gasteiger partial charge in [0.2, 0.25) is 0 Å². The molecule has 3 nitrogen and oxygen atoms in total. The Hall–Kier alpha value is -1.46. The van der Waals surface area contributed by atoms with Gasteiger partial charge in [0.05, 0.1) is 16.9 Å². The first-order valence-electron chi connectivity index (χ1n) is 9.97. The number of hydrogen-bond acceptors (Lipinski definition) is 3. The fraction of sp³-hybridized carbons (Fsp3) is 0.478. The third-order valence-corrected chi connectivity index (χ3v) is 8.05. The summed E-state index contributed by atoms with van der Waals surface area (Å²) in [6.45, 7) is 9.32. The number of rotatable bonds is 7. The molecular weight excluding hydrogens is 352 g/mol. The summed E-state index contributed by atoms with van der Waals surface area (Å²) in [5.41, 5.74) is 1.60. The van der Waals surface area contributed by atoms with Gasteiger partial charge in [0.1, 0.15) is 0 Å². The summed E-state index contributed by atoms with van der Waals surface area (Å²) < 4.78 is 19.5. The standard InChI is InChI=1S/C23H32O3Si/c1-22(2,19-13-7-5-8-14-19)25-27(21-17-11-12-18-24-21)26-23(3,4)20-15-9-6-10-16-20/h5-10,13-16,21,27H,11-12,17-18H2,1-4H3. The van der Waals surface area contributed by atoms with Crippen molar-refractivity contribution in [3.63, 3.8) is 0 Å². The molecule has 1 atom stereocenters. The Morgan fingerprint density at radius 1 is 0.778 bits per heavy atom. The average Bonchev–Trinajstić information content (AvgIpc) is 2.69. The van der Waals surface area contributed by atoms with Gasteiger partial charge in [-0.2, -0.15) is 0 Å². The molecule has 2 aromatic rings. The normalized spacial score (nSPS) is 18.6. The molecule has 1 unspecified atom stereocenters. The van der Waals surface area contributed by atoms with E-state index in [1.54, 1.807) is 0 Å². The van der Waals surface area contributed by atoms with Crippen molar-refractivity contribution in [3.8, 4) is 0 Å². The molecule has 0 N–H and O–H groups in total.